The Hall–Kier alpha value is -0.870. The molecule has 0 N–H and O–H groups in total. The van der Waals surface area contributed by atoms with Gasteiger partial charge >= 0.3 is 0 Å². The lowest BCUT2D eigenvalue weighted by atomic mass is 10.1. The first-order chi connectivity index (χ1) is 8.58. The molecule has 4 saturated carbocycles. The van der Waals surface area contributed by atoms with Gasteiger partial charge in [0.2, 0.25) is 0 Å². The fourth-order valence-corrected chi connectivity index (χ4v) is 4.78. The van der Waals surface area contributed by atoms with Crippen LogP contribution in [0, 0.1) is 36.5 Å². The molecule has 96 valence electrons. The second-order valence-corrected chi connectivity index (χ2v) is 7.56. The van der Waals surface area contributed by atoms with Crippen LogP contribution in [0.15, 0.2) is 29.2 Å². The van der Waals surface area contributed by atoms with E-state index in [1.54, 1.807) is 24.3 Å². The fraction of sp³-hybridized carbons (Fsp3) is 0.571. The fourth-order valence-electron chi connectivity index (χ4n) is 3.82. The lowest BCUT2D eigenvalue weighted by Crippen LogP contribution is -2.14. The number of rotatable bonds is 4. The van der Waals surface area contributed by atoms with E-state index in [9.17, 15) is 8.42 Å². The van der Waals surface area contributed by atoms with E-state index in [0.29, 0.717) is 12.5 Å². The third-order valence-corrected chi connectivity index (χ3v) is 6.20. The van der Waals surface area contributed by atoms with E-state index in [4.69, 9.17) is 4.18 Å². The normalized spacial score (nSPS) is 39.5. The van der Waals surface area contributed by atoms with Crippen LogP contribution in [0.3, 0.4) is 0 Å². The van der Waals surface area contributed by atoms with Crippen molar-refractivity contribution in [3.05, 3.63) is 29.8 Å². The van der Waals surface area contributed by atoms with Gasteiger partial charge in [0, 0.05) is 0 Å². The van der Waals surface area contributed by atoms with Crippen LogP contribution < -0.4 is 0 Å². The molecule has 5 atom stereocenters. The molecule has 0 radical (unpaired) electrons. The summed E-state index contributed by atoms with van der Waals surface area (Å²) in [4.78, 5) is 0.269. The minimum atomic E-state index is -3.56. The summed E-state index contributed by atoms with van der Waals surface area (Å²) in [6, 6.07) is 6.83. The SMILES string of the molecule is Cc1ccc(S(=O)(=O)OC[C@@H]2CC3[C@@H]4C2[C@H]34)cc1. The third-order valence-electron chi connectivity index (χ3n) is 4.91. The van der Waals surface area contributed by atoms with Crippen molar-refractivity contribution in [3.63, 3.8) is 0 Å². The molecule has 4 aliphatic carbocycles. The van der Waals surface area contributed by atoms with Crippen molar-refractivity contribution in [2.24, 2.45) is 29.6 Å². The summed E-state index contributed by atoms with van der Waals surface area (Å²) >= 11 is 0. The van der Waals surface area contributed by atoms with E-state index in [-0.39, 0.29) is 4.90 Å². The molecule has 1 aromatic carbocycles. The van der Waals surface area contributed by atoms with Crippen LogP contribution in [-0.4, -0.2) is 15.0 Å². The monoisotopic (exact) mass is 264 g/mol. The smallest absolute Gasteiger partial charge is 0.266 e. The molecule has 4 heteroatoms. The summed E-state index contributed by atoms with van der Waals surface area (Å²) in [5.41, 5.74) is 1.05. The predicted octanol–water partition coefficient (Wildman–Crippen LogP) is 2.21. The standard InChI is InChI=1S/C14H16O3S/c1-8-2-4-10(5-3-8)18(15,16)17-7-9-6-11-13-12(9)14(11)13/h2-5,9,11-14H,6-7H2,1H3/t9-,11?,12?,13-,14+/m0/s1. The molecule has 4 aliphatic rings. The maximum Gasteiger partial charge on any atom is 0.296 e. The Morgan fingerprint density at radius 1 is 1.17 bits per heavy atom. The average Bonchev–Trinajstić information content (AvgIpc) is 3.15. The molecule has 0 saturated heterocycles. The summed E-state index contributed by atoms with van der Waals surface area (Å²) in [6.07, 6.45) is 1.18. The van der Waals surface area contributed by atoms with Gasteiger partial charge in [-0.2, -0.15) is 8.42 Å². The van der Waals surface area contributed by atoms with Crippen LogP contribution in [0.2, 0.25) is 0 Å². The number of hydrogen-bond acceptors (Lipinski definition) is 3. The van der Waals surface area contributed by atoms with Crippen LogP contribution in [0.5, 0.6) is 0 Å². The number of benzene rings is 1. The van der Waals surface area contributed by atoms with E-state index in [1.165, 1.54) is 6.42 Å². The van der Waals surface area contributed by atoms with Gasteiger partial charge in [0.15, 0.2) is 0 Å². The first-order valence-electron chi connectivity index (χ1n) is 6.54. The van der Waals surface area contributed by atoms with Crippen LogP contribution in [0.25, 0.3) is 0 Å². The number of fused-ring (bicyclic) bond motifs is 1. The first-order valence-corrected chi connectivity index (χ1v) is 7.95. The molecular weight excluding hydrogens is 248 g/mol. The molecule has 18 heavy (non-hydrogen) atoms. The maximum absolute atomic E-state index is 12.0. The molecule has 3 nitrogen and oxygen atoms in total. The van der Waals surface area contributed by atoms with Gasteiger partial charge < -0.3 is 0 Å². The highest BCUT2D eigenvalue weighted by Crippen LogP contribution is 2.83. The van der Waals surface area contributed by atoms with Crippen molar-refractivity contribution in [1.29, 1.82) is 0 Å². The zero-order valence-electron chi connectivity index (χ0n) is 10.2. The molecule has 0 heterocycles. The lowest BCUT2D eigenvalue weighted by Gasteiger charge is -2.10. The largest absolute Gasteiger partial charge is 0.296 e. The molecule has 0 amide bonds. The summed E-state index contributed by atoms with van der Waals surface area (Å²) < 4.78 is 29.2. The highest BCUT2D eigenvalue weighted by molar-refractivity contribution is 7.86. The highest BCUT2D eigenvalue weighted by atomic mass is 32.2. The molecule has 0 spiro atoms. The Bertz CT molecular complexity index is 573. The van der Waals surface area contributed by atoms with Gasteiger partial charge in [-0.3, -0.25) is 4.18 Å². The summed E-state index contributed by atoms with van der Waals surface area (Å²) in [5.74, 6) is 4.10. The molecule has 2 unspecified atom stereocenters. The van der Waals surface area contributed by atoms with Crippen molar-refractivity contribution in [2.45, 2.75) is 18.2 Å². The molecule has 5 rings (SSSR count). The zero-order valence-corrected chi connectivity index (χ0v) is 11.1. The van der Waals surface area contributed by atoms with E-state index in [0.717, 1.165) is 29.2 Å². The van der Waals surface area contributed by atoms with Crippen molar-refractivity contribution in [3.8, 4) is 0 Å². The van der Waals surface area contributed by atoms with Gasteiger partial charge in [-0.15, -0.1) is 0 Å². The Morgan fingerprint density at radius 3 is 2.39 bits per heavy atom. The highest BCUT2D eigenvalue weighted by Gasteiger charge is 2.79. The number of hydrogen-bond donors (Lipinski definition) is 0. The van der Waals surface area contributed by atoms with Crippen molar-refractivity contribution >= 4 is 10.1 Å². The quantitative estimate of drug-likeness (QED) is 0.783. The Labute approximate surface area is 107 Å². The molecular formula is C14H16O3S. The predicted molar refractivity (Wildman–Crippen MR) is 66.4 cm³/mol. The van der Waals surface area contributed by atoms with Crippen LogP contribution >= 0.6 is 0 Å². The topological polar surface area (TPSA) is 43.4 Å². The Kier molecular flexibility index (Phi) is 2.06. The van der Waals surface area contributed by atoms with Crippen LogP contribution in [0.4, 0.5) is 0 Å². The molecule has 0 aromatic heterocycles. The second kappa shape index (κ2) is 3.36. The maximum atomic E-state index is 12.0. The van der Waals surface area contributed by atoms with Crippen molar-refractivity contribution in [1.82, 2.24) is 0 Å². The molecule has 2 bridgehead atoms. The van der Waals surface area contributed by atoms with E-state index >= 15 is 0 Å². The summed E-state index contributed by atoms with van der Waals surface area (Å²) in [6.45, 7) is 2.32. The van der Waals surface area contributed by atoms with E-state index < -0.39 is 10.1 Å². The van der Waals surface area contributed by atoms with Crippen LogP contribution in [0.1, 0.15) is 12.0 Å². The molecule has 1 aromatic rings. The average molecular weight is 264 g/mol. The first kappa shape index (κ1) is 11.0. The zero-order chi connectivity index (χ0) is 12.5. The summed E-state index contributed by atoms with van der Waals surface area (Å²) in [7, 11) is -3.56. The number of aryl methyl sites for hydroxylation is 1. The van der Waals surface area contributed by atoms with Gasteiger partial charge in [-0.1, -0.05) is 17.7 Å². The van der Waals surface area contributed by atoms with Gasteiger partial charge in [0.05, 0.1) is 11.5 Å². The molecule has 0 aliphatic heterocycles. The minimum Gasteiger partial charge on any atom is -0.266 e. The Morgan fingerprint density at radius 2 is 1.83 bits per heavy atom. The third kappa shape index (κ3) is 1.48. The van der Waals surface area contributed by atoms with Crippen molar-refractivity contribution in [2.75, 3.05) is 6.61 Å². The second-order valence-electron chi connectivity index (χ2n) is 5.94. The Balaban J connectivity index is 1.44. The van der Waals surface area contributed by atoms with E-state index in [2.05, 4.69) is 0 Å². The van der Waals surface area contributed by atoms with Gasteiger partial charge in [-0.05, 0) is 55.1 Å². The lowest BCUT2D eigenvalue weighted by molar-refractivity contribution is 0.248. The summed E-state index contributed by atoms with van der Waals surface area (Å²) in [5, 5.41) is 0. The van der Waals surface area contributed by atoms with Gasteiger partial charge in [-0.25, -0.2) is 0 Å². The van der Waals surface area contributed by atoms with Gasteiger partial charge in [0.1, 0.15) is 0 Å². The molecule has 4 fully saturated rings. The van der Waals surface area contributed by atoms with Crippen LogP contribution in [-0.2, 0) is 14.3 Å². The minimum absolute atomic E-state index is 0.269. The van der Waals surface area contributed by atoms with E-state index in [1.807, 2.05) is 6.92 Å². The van der Waals surface area contributed by atoms with Crippen molar-refractivity contribution < 1.29 is 12.6 Å². The van der Waals surface area contributed by atoms with Gasteiger partial charge in [0.25, 0.3) is 10.1 Å².